The molecule has 0 saturated carbocycles. The first-order valence-electron chi connectivity index (χ1n) is 3.53. The van der Waals surface area contributed by atoms with E-state index in [1.165, 1.54) is 0 Å². The number of carbonyl (C=O) groups excluding carboxylic acids is 1. The van der Waals surface area contributed by atoms with Crippen molar-refractivity contribution < 1.29 is 4.79 Å². The molecule has 11 heavy (non-hydrogen) atoms. The molecule has 1 heterocycles. The van der Waals surface area contributed by atoms with E-state index in [4.69, 9.17) is 0 Å². The lowest BCUT2D eigenvalue weighted by Crippen LogP contribution is -2.17. The predicted molar refractivity (Wildman–Crippen MR) is 41.1 cm³/mol. The van der Waals surface area contributed by atoms with Crippen LogP contribution in [0, 0.1) is 6.07 Å². The molecule has 1 aliphatic heterocycles. The van der Waals surface area contributed by atoms with E-state index in [1.807, 2.05) is 19.2 Å². The van der Waals surface area contributed by atoms with Crippen molar-refractivity contribution >= 4 is 5.91 Å². The van der Waals surface area contributed by atoms with Crippen molar-refractivity contribution in [3.63, 3.8) is 0 Å². The molecule has 0 aromatic heterocycles. The molecule has 1 aromatic carbocycles. The third-order valence-electron chi connectivity index (χ3n) is 1.94. The SMILES string of the molecule is CN1Cc2cc[c]cc2C1=O. The van der Waals surface area contributed by atoms with E-state index in [0.717, 1.165) is 17.7 Å². The first-order chi connectivity index (χ1) is 5.29. The van der Waals surface area contributed by atoms with Gasteiger partial charge in [0, 0.05) is 19.2 Å². The Bertz CT molecular complexity index is 306. The van der Waals surface area contributed by atoms with Gasteiger partial charge in [-0.05, 0) is 17.7 Å². The van der Waals surface area contributed by atoms with Gasteiger partial charge in [0.2, 0.25) is 0 Å². The summed E-state index contributed by atoms with van der Waals surface area (Å²) in [6.45, 7) is 0.739. The minimum absolute atomic E-state index is 0.108. The zero-order valence-corrected chi connectivity index (χ0v) is 6.29. The third-order valence-corrected chi connectivity index (χ3v) is 1.94. The summed E-state index contributed by atoms with van der Waals surface area (Å²) in [5, 5.41) is 0. The fraction of sp³-hybridized carbons (Fsp3) is 0.222. The van der Waals surface area contributed by atoms with Crippen LogP contribution in [-0.4, -0.2) is 17.9 Å². The van der Waals surface area contributed by atoms with Crippen LogP contribution in [0.25, 0.3) is 0 Å². The average molecular weight is 146 g/mol. The quantitative estimate of drug-likeness (QED) is 0.536. The number of hydrogen-bond acceptors (Lipinski definition) is 1. The minimum Gasteiger partial charge on any atom is -0.337 e. The lowest BCUT2D eigenvalue weighted by Gasteiger charge is -2.04. The van der Waals surface area contributed by atoms with Crippen molar-refractivity contribution in [3.05, 3.63) is 35.4 Å². The molecular weight excluding hydrogens is 138 g/mol. The molecule has 2 heteroatoms. The Kier molecular flexibility index (Phi) is 1.22. The Balaban J connectivity index is 2.55. The summed E-state index contributed by atoms with van der Waals surface area (Å²) in [4.78, 5) is 13.0. The summed E-state index contributed by atoms with van der Waals surface area (Å²) in [7, 11) is 1.81. The Morgan fingerprint density at radius 3 is 3.18 bits per heavy atom. The fourth-order valence-corrected chi connectivity index (χ4v) is 1.33. The van der Waals surface area contributed by atoms with E-state index in [1.54, 1.807) is 11.0 Å². The van der Waals surface area contributed by atoms with E-state index in [2.05, 4.69) is 6.07 Å². The van der Waals surface area contributed by atoms with Gasteiger partial charge in [-0.25, -0.2) is 0 Å². The van der Waals surface area contributed by atoms with Gasteiger partial charge in [0.15, 0.2) is 0 Å². The number of rotatable bonds is 0. The highest BCUT2D eigenvalue weighted by atomic mass is 16.2. The summed E-state index contributed by atoms with van der Waals surface area (Å²) in [5.74, 6) is 0.108. The molecule has 0 bridgehead atoms. The van der Waals surface area contributed by atoms with Crippen LogP contribution >= 0.6 is 0 Å². The summed E-state index contributed by atoms with van der Waals surface area (Å²) in [6.07, 6.45) is 0. The topological polar surface area (TPSA) is 20.3 Å². The Hall–Kier alpha value is -1.31. The second-order valence-electron chi connectivity index (χ2n) is 2.74. The van der Waals surface area contributed by atoms with Crippen LogP contribution in [0.1, 0.15) is 15.9 Å². The highest BCUT2D eigenvalue weighted by Crippen LogP contribution is 2.19. The minimum atomic E-state index is 0.108. The zero-order chi connectivity index (χ0) is 7.84. The van der Waals surface area contributed by atoms with Crippen LogP contribution < -0.4 is 0 Å². The van der Waals surface area contributed by atoms with Crippen molar-refractivity contribution in [3.8, 4) is 0 Å². The van der Waals surface area contributed by atoms with Crippen molar-refractivity contribution in [1.82, 2.24) is 4.90 Å². The Morgan fingerprint density at radius 1 is 1.64 bits per heavy atom. The van der Waals surface area contributed by atoms with E-state index in [0.29, 0.717) is 0 Å². The van der Waals surface area contributed by atoms with Gasteiger partial charge in [-0.3, -0.25) is 4.79 Å². The largest absolute Gasteiger partial charge is 0.337 e. The molecule has 0 unspecified atom stereocenters. The summed E-state index contributed by atoms with van der Waals surface area (Å²) in [5.41, 5.74) is 1.91. The van der Waals surface area contributed by atoms with Gasteiger partial charge in [-0.2, -0.15) is 0 Å². The van der Waals surface area contributed by atoms with Gasteiger partial charge in [-0.15, -0.1) is 0 Å². The van der Waals surface area contributed by atoms with Gasteiger partial charge >= 0.3 is 0 Å². The van der Waals surface area contributed by atoms with E-state index >= 15 is 0 Å². The molecule has 1 radical (unpaired) electrons. The smallest absolute Gasteiger partial charge is 0.254 e. The molecule has 0 spiro atoms. The van der Waals surface area contributed by atoms with Crippen LogP contribution in [-0.2, 0) is 6.54 Å². The first-order valence-corrected chi connectivity index (χ1v) is 3.53. The maximum Gasteiger partial charge on any atom is 0.254 e. The molecule has 1 amide bonds. The number of nitrogens with zero attached hydrogens (tertiary/aromatic N) is 1. The highest BCUT2D eigenvalue weighted by Gasteiger charge is 2.22. The molecule has 2 nitrogen and oxygen atoms in total. The normalized spacial score (nSPS) is 15.4. The number of carbonyl (C=O) groups is 1. The number of hydrogen-bond donors (Lipinski definition) is 0. The van der Waals surface area contributed by atoms with E-state index < -0.39 is 0 Å². The number of fused-ring (bicyclic) bond motifs is 1. The first kappa shape index (κ1) is 6.40. The fourth-order valence-electron chi connectivity index (χ4n) is 1.33. The average Bonchev–Trinajstić information content (AvgIpc) is 2.30. The van der Waals surface area contributed by atoms with Crippen molar-refractivity contribution in [2.24, 2.45) is 0 Å². The van der Waals surface area contributed by atoms with Gasteiger partial charge < -0.3 is 4.90 Å². The molecule has 0 saturated heterocycles. The maximum absolute atomic E-state index is 11.3. The lowest BCUT2D eigenvalue weighted by atomic mass is 10.1. The number of benzene rings is 1. The van der Waals surface area contributed by atoms with Crippen LogP contribution in [0.4, 0.5) is 0 Å². The molecule has 55 valence electrons. The van der Waals surface area contributed by atoms with Crippen LogP contribution in [0.5, 0.6) is 0 Å². The van der Waals surface area contributed by atoms with Crippen molar-refractivity contribution in [1.29, 1.82) is 0 Å². The van der Waals surface area contributed by atoms with Crippen LogP contribution in [0.3, 0.4) is 0 Å². The highest BCUT2D eigenvalue weighted by molar-refractivity contribution is 5.97. The second-order valence-corrected chi connectivity index (χ2v) is 2.74. The molecule has 0 N–H and O–H groups in total. The monoisotopic (exact) mass is 146 g/mol. The third kappa shape index (κ3) is 0.827. The molecule has 1 aromatic rings. The van der Waals surface area contributed by atoms with Gasteiger partial charge in [0.25, 0.3) is 5.91 Å². The van der Waals surface area contributed by atoms with Gasteiger partial charge in [-0.1, -0.05) is 12.1 Å². The van der Waals surface area contributed by atoms with Gasteiger partial charge in [0.05, 0.1) is 0 Å². The Labute approximate surface area is 65.4 Å². The number of amides is 1. The molecule has 0 aliphatic carbocycles. The zero-order valence-electron chi connectivity index (χ0n) is 6.29. The summed E-state index contributed by atoms with van der Waals surface area (Å²) < 4.78 is 0. The molecule has 0 atom stereocenters. The van der Waals surface area contributed by atoms with Gasteiger partial charge in [0.1, 0.15) is 0 Å². The predicted octanol–water partition coefficient (Wildman–Crippen LogP) is 1.07. The molecular formula is C9H8NO. The van der Waals surface area contributed by atoms with Crippen molar-refractivity contribution in [2.45, 2.75) is 6.54 Å². The molecule has 0 fully saturated rings. The standard InChI is InChI=1S/C9H8NO/c1-10-6-7-4-2-3-5-8(7)9(10)11/h2,4-5H,6H2,1H3. The van der Waals surface area contributed by atoms with Crippen LogP contribution in [0.15, 0.2) is 18.2 Å². The second kappa shape index (κ2) is 2.09. The molecule has 2 rings (SSSR count). The van der Waals surface area contributed by atoms with E-state index in [9.17, 15) is 4.79 Å². The molecule has 1 aliphatic rings. The maximum atomic E-state index is 11.3. The lowest BCUT2D eigenvalue weighted by molar-refractivity contribution is 0.0816. The van der Waals surface area contributed by atoms with Crippen molar-refractivity contribution in [2.75, 3.05) is 7.05 Å². The van der Waals surface area contributed by atoms with E-state index in [-0.39, 0.29) is 5.91 Å². The van der Waals surface area contributed by atoms with Crippen LogP contribution in [0.2, 0.25) is 0 Å². The summed E-state index contributed by atoms with van der Waals surface area (Å²) >= 11 is 0. The summed E-state index contributed by atoms with van der Waals surface area (Å²) in [6, 6.07) is 8.43. The Morgan fingerprint density at radius 2 is 2.45 bits per heavy atom.